The maximum atomic E-state index is 11.3. The van der Waals surface area contributed by atoms with Crippen molar-refractivity contribution < 1.29 is 8.42 Å². The van der Waals surface area contributed by atoms with Gasteiger partial charge >= 0.3 is 0 Å². The van der Waals surface area contributed by atoms with E-state index in [1.807, 2.05) is 20.0 Å². The molecule has 1 aromatic carbocycles. The van der Waals surface area contributed by atoms with Crippen molar-refractivity contribution in [2.24, 2.45) is 10.1 Å². The molecule has 1 heterocycles. The van der Waals surface area contributed by atoms with Crippen LogP contribution in [0.25, 0.3) is 0 Å². The van der Waals surface area contributed by atoms with Gasteiger partial charge in [0.2, 0.25) is 10.0 Å². The van der Waals surface area contributed by atoms with Gasteiger partial charge in [0, 0.05) is 30.6 Å². The molecule has 0 atom stereocenters. The molecule has 4 N–H and O–H groups in total. The molecule has 0 fully saturated rings. The smallest absolute Gasteiger partial charge is 0.238 e. The third-order valence-corrected chi connectivity index (χ3v) is 5.22. The molecule has 0 spiro atoms. The fraction of sp³-hybridized carbons (Fsp3) is 0.375. The number of guanidine groups is 1. The largest absolute Gasteiger partial charge is 0.357 e. The number of sulfonamides is 1. The molecular formula is C16H23N5O2S2. The predicted molar refractivity (Wildman–Crippen MR) is 101 cm³/mol. The van der Waals surface area contributed by atoms with Crippen LogP contribution in [0.1, 0.15) is 22.4 Å². The summed E-state index contributed by atoms with van der Waals surface area (Å²) in [5, 5.41) is 12.6. The van der Waals surface area contributed by atoms with Crippen LogP contribution in [-0.2, 0) is 23.0 Å². The van der Waals surface area contributed by atoms with E-state index in [9.17, 15) is 8.42 Å². The van der Waals surface area contributed by atoms with Crippen molar-refractivity contribution in [3.8, 4) is 0 Å². The molecule has 136 valence electrons. The van der Waals surface area contributed by atoms with Crippen LogP contribution in [0.15, 0.2) is 40.4 Å². The number of primary sulfonamides is 1. The van der Waals surface area contributed by atoms with Crippen molar-refractivity contribution in [2.45, 2.75) is 31.7 Å². The lowest BCUT2D eigenvalue weighted by Crippen LogP contribution is -2.38. The van der Waals surface area contributed by atoms with Crippen LogP contribution >= 0.6 is 11.3 Å². The van der Waals surface area contributed by atoms with E-state index >= 15 is 0 Å². The van der Waals surface area contributed by atoms with Crippen LogP contribution in [0, 0.1) is 6.92 Å². The van der Waals surface area contributed by atoms with Gasteiger partial charge in [-0.3, -0.25) is 0 Å². The summed E-state index contributed by atoms with van der Waals surface area (Å²) in [6.45, 7) is 5.98. The second kappa shape index (κ2) is 8.93. The maximum absolute atomic E-state index is 11.3. The summed E-state index contributed by atoms with van der Waals surface area (Å²) in [5.41, 5.74) is 0.903. The lowest BCUT2D eigenvalue weighted by Gasteiger charge is -2.10. The Morgan fingerprint density at radius 2 is 2.00 bits per heavy atom. The number of benzene rings is 1. The van der Waals surface area contributed by atoms with Crippen molar-refractivity contribution in [1.82, 2.24) is 15.6 Å². The lowest BCUT2D eigenvalue weighted by atomic mass is 10.2. The molecule has 9 heteroatoms. The molecule has 2 aromatic rings. The van der Waals surface area contributed by atoms with E-state index in [2.05, 4.69) is 20.6 Å². The second-order valence-electron chi connectivity index (χ2n) is 5.43. The molecule has 0 aliphatic carbocycles. The van der Waals surface area contributed by atoms with Gasteiger partial charge in [0.05, 0.1) is 16.4 Å². The number of aromatic nitrogens is 1. The number of hydrogen-bond acceptors (Lipinski definition) is 5. The first-order valence-corrected chi connectivity index (χ1v) is 10.3. The van der Waals surface area contributed by atoms with Gasteiger partial charge in [-0.15, -0.1) is 11.3 Å². The van der Waals surface area contributed by atoms with Crippen molar-refractivity contribution in [2.75, 3.05) is 13.1 Å². The summed E-state index contributed by atoms with van der Waals surface area (Å²) in [6.07, 6.45) is 2.72. The minimum Gasteiger partial charge on any atom is -0.357 e. The Morgan fingerprint density at radius 3 is 2.56 bits per heavy atom. The minimum absolute atomic E-state index is 0.101. The minimum atomic E-state index is -3.66. The van der Waals surface area contributed by atoms with Gasteiger partial charge in [-0.2, -0.15) is 0 Å². The Hall–Kier alpha value is -1.97. The third-order valence-electron chi connectivity index (χ3n) is 3.32. The van der Waals surface area contributed by atoms with Gasteiger partial charge in [-0.25, -0.2) is 23.5 Å². The zero-order valence-electron chi connectivity index (χ0n) is 14.3. The Bertz CT molecular complexity index is 813. The summed E-state index contributed by atoms with van der Waals surface area (Å²) < 4.78 is 22.5. The number of aryl methyl sites for hydroxylation is 1. The molecule has 0 unspecified atom stereocenters. The van der Waals surface area contributed by atoms with E-state index in [1.54, 1.807) is 23.5 Å². The standard InChI is InChI=1S/C16H23N5O2S2/c1-3-18-16(19-9-8-15-20-10-12(2)24-15)21-11-13-4-6-14(7-5-13)25(17,22)23/h4-7,10H,3,8-9,11H2,1-2H3,(H2,17,22,23)(H2,18,19,21). The van der Waals surface area contributed by atoms with Crippen LogP contribution in [0.5, 0.6) is 0 Å². The highest BCUT2D eigenvalue weighted by Gasteiger charge is 2.06. The number of aliphatic imine (C=N–C) groups is 1. The molecule has 25 heavy (non-hydrogen) atoms. The fourth-order valence-electron chi connectivity index (χ4n) is 2.10. The van der Waals surface area contributed by atoms with Crippen molar-refractivity contribution in [3.63, 3.8) is 0 Å². The molecule has 7 nitrogen and oxygen atoms in total. The second-order valence-corrected chi connectivity index (χ2v) is 8.31. The molecule has 0 saturated carbocycles. The van der Waals surface area contributed by atoms with E-state index < -0.39 is 10.0 Å². The summed E-state index contributed by atoms with van der Waals surface area (Å²) in [5.74, 6) is 0.714. The van der Waals surface area contributed by atoms with Crippen LogP contribution in [-0.4, -0.2) is 32.5 Å². The highest BCUT2D eigenvalue weighted by Crippen LogP contribution is 2.11. The quantitative estimate of drug-likeness (QED) is 0.496. The van der Waals surface area contributed by atoms with E-state index in [4.69, 9.17) is 5.14 Å². The van der Waals surface area contributed by atoms with Gasteiger partial charge in [-0.05, 0) is 31.5 Å². The number of nitrogens with one attached hydrogen (secondary N) is 2. The molecule has 1 aromatic heterocycles. The normalized spacial score (nSPS) is 12.2. The summed E-state index contributed by atoms with van der Waals surface area (Å²) in [6, 6.07) is 6.41. The molecule has 0 amide bonds. The zero-order chi connectivity index (χ0) is 18.3. The number of thiazole rings is 1. The first kappa shape index (κ1) is 19.4. The number of nitrogens with two attached hydrogens (primary N) is 1. The van der Waals surface area contributed by atoms with E-state index in [1.165, 1.54) is 17.0 Å². The van der Waals surface area contributed by atoms with Crippen molar-refractivity contribution >= 4 is 27.3 Å². The van der Waals surface area contributed by atoms with Gasteiger partial charge in [0.1, 0.15) is 0 Å². The van der Waals surface area contributed by atoms with E-state index in [0.717, 1.165) is 30.1 Å². The number of hydrogen-bond donors (Lipinski definition) is 3. The van der Waals surface area contributed by atoms with Gasteiger partial charge in [0.25, 0.3) is 0 Å². The van der Waals surface area contributed by atoms with Crippen LogP contribution in [0.4, 0.5) is 0 Å². The van der Waals surface area contributed by atoms with Crippen LogP contribution < -0.4 is 15.8 Å². The molecule has 0 radical (unpaired) electrons. The van der Waals surface area contributed by atoms with Crippen molar-refractivity contribution in [1.29, 1.82) is 0 Å². The van der Waals surface area contributed by atoms with Crippen LogP contribution in [0.3, 0.4) is 0 Å². The average Bonchev–Trinajstić information content (AvgIpc) is 2.97. The first-order valence-electron chi connectivity index (χ1n) is 7.93. The summed E-state index contributed by atoms with van der Waals surface area (Å²) in [7, 11) is -3.66. The fourth-order valence-corrected chi connectivity index (χ4v) is 3.40. The predicted octanol–water partition coefficient (Wildman–Crippen LogP) is 1.40. The van der Waals surface area contributed by atoms with Gasteiger partial charge < -0.3 is 10.6 Å². The first-order chi connectivity index (χ1) is 11.9. The zero-order valence-corrected chi connectivity index (χ0v) is 16.0. The molecule has 0 aliphatic heterocycles. The Labute approximate surface area is 152 Å². The van der Waals surface area contributed by atoms with E-state index in [0.29, 0.717) is 12.5 Å². The lowest BCUT2D eigenvalue weighted by molar-refractivity contribution is 0.598. The average molecular weight is 382 g/mol. The Balaban J connectivity index is 1.92. The SMILES string of the molecule is CCNC(=NCc1ccc(S(N)(=O)=O)cc1)NCCc1ncc(C)s1. The summed E-state index contributed by atoms with van der Waals surface area (Å²) in [4.78, 5) is 10.2. The molecular weight excluding hydrogens is 358 g/mol. The highest BCUT2D eigenvalue weighted by molar-refractivity contribution is 7.89. The molecule has 0 saturated heterocycles. The molecule has 0 aliphatic rings. The maximum Gasteiger partial charge on any atom is 0.238 e. The Morgan fingerprint density at radius 1 is 1.28 bits per heavy atom. The molecule has 2 rings (SSSR count). The molecule has 0 bridgehead atoms. The number of rotatable bonds is 7. The van der Waals surface area contributed by atoms with Crippen molar-refractivity contribution in [3.05, 3.63) is 45.9 Å². The monoisotopic (exact) mass is 381 g/mol. The van der Waals surface area contributed by atoms with E-state index in [-0.39, 0.29) is 4.90 Å². The topological polar surface area (TPSA) is 109 Å². The van der Waals surface area contributed by atoms with Crippen LogP contribution in [0.2, 0.25) is 0 Å². The Kier molecular flexibility index (Phi) is 6.91. The number of nitrogens with zero attached hydrogens (tertiary/aromatic N) is 2. The van der Waals surface area contributed by atoms with Gasteiger partial charge in [0.15, 0.2) is 5.96 Å². The third kappa shape index (κ3) is 6.45. The summed E-state index contributed by atoms with van der Waals surface area (Å²) >= 11 is 1.70. The highest BCUT2D eigenvalue weighted by atomic mass is 32.2. The van der Waals surface area contributed by atoms with Gasteiger partial charge in [-0.1, -0.05) is 12.1 Å².